The van der Waals surface area contributed by atoms with E-state index in [1.807, 2.05) is 0 Å². The summed E-state index contributed by atoms with van der Waals surface area (Å²) >= 11 is 0. The van der Waals surface area contributed by atoms with Gasteiger partial charge in [-0.3, -0.25) is 10.2 Å². The SMILES string of the molecule is CNC(=O)/C(C#N)=N/Nc1ccc2nc[nH]c2c1. The van der Waals surface area contributed by atoms with Crippen LogP contribution in [0.5, 0.6) is 0 Å². The van der Waals surface area contributed by atoms with Crippen molar-refractivity contribution >= 4 is 28.3 Å². The lowest BCUT2D eigenvalue weighted by Gasteiger charge is -2.01. The second-order valence-corrected chi connectivity index (χ2v) is 3.40. The summed E-state index contributed by atoms with van der Waals surface area (Å²) in [7, 11) is 1.44. The van der Waals surface area contributed by atoms with Crippen molar-refractivity contribution in [3.05, 3.63) is 24.5 Å². The highest BCUT2D eigenvalue weighted by Gasteiger charge is 2.07. The van der Waals surface area contributed by atoms with Crippen molar-refractivity contribution in [2.24, 2.45) is 5.10 Å². The van der Waals surface area contributed by atoms with Gasteiger partial charge in [-0.1, -0.05) is 0 Å². The molecule has 90 valence electrons. The molecule has 3 N–H and O–H groups in total. The molecule has 0 bridgehead atoms. The fraction of sp³-hybridized carbons (Fsp3) is 0.0909. The second kappa shape index (κ2) is 4.97. The first-order valence-corrected chi connectivity index (χ1v) is 5.13. The van der Waals surface area contributed by atoms with E-state index < -0.39 is 5.91 Å². The van der Waals surface area contributed by atoms with Crippen LogP contribution < -0.4 is 10.7 Å². The zero-order valence-corrected chi connectivity index (χ0v) is 9.56. The highest BCUT2D eigenvalue weighted by atomic mass is 16.1. The fourth-order valence-electron chi connectivity index (χ4n) is 1.37. The molecule has 7 nitrogen and oxygen atoms in total. The molecule has 7 heteroatoms. The van der Waals surface area contributed by atoms with Crippen molar-refractivity contribution in [3.8, 4) is 6.07 Å². The molecule has 1 aromatic heterocycles. The summed E-state index contributed by atoms with van der Waals surface area (Å²) in [6.45, 7) is 0. The van der Waals surface area contributed by atoms with Crippen molar-refractivity contribution in [2.45, 2.75) is 0 Å². The van der Waals surface area contributed by atoms with Crippen molar-refractivity contribution in [1.82, 2.24) is 15.3 Å². The monoisotopic (exact) mass is 242 g/mol. The highest BCUT2D eigenvalue weighted by molar-refractivity contribution is 6.45. The number of hydrazone groups is 1. The first kappa shape index (κ1) is 11.6. The van der Waals surface area contributed by atoms with Gasteiger partial charge in [0.2, 0.25) is 5.71 Å². The van der Waals surface area contributed by atoms with Crippen LogP contribution in [-0.2, 0) is 4.79 Å². The molecule has 0 aliphatic heterocycles. The van der Waals surface area contributed by atoms with E-state index in [1.54, 1.807) is 30.6 Å². The van der Waals surface area contributed by atoms with E-state index in [2.05, 4.69) is 25.8 Å². The molecule has 0 radical (unpaired) electrons. The summed E-state index contributed by atoms with van der Waals surface area (Å²) < 4.78 is 0. The van der Waals surface area contributed by atoms with Crippen molar-refractivity contribution in [3.63, 3.8) is 0 Å². The van der Waals surface area contributed by atoms with E-state index in [-0.39, 0.29) is 5.71 Å². The van der Waals surface area contributed by atoms with Gasteiger partial charge >= 0.3 is 0 Å². The Labute approximate surface area is 103 Å². The van der Waals surface area contributed by atoms with Gasteiger partial charge < -0.3 is 10.3 Å². The number of aromatic amines is 1. The van der Waals surface area contributed by atoms with Gasteiger partial charge in [0.1, 0.15) is 6.07 Å². The molecule has 0 aliphatic rings. The van der Waals surface area contributed by atoms with Crippen LogP contribution in [-0.4, -0.2) is 28.6 Å². The summed E-state index contributed by atoms with van der Waals surface area (Å²) in [6.07, 6.45) is 1.59. The third kappa shape index (κ3) is 2.27. The first-order chi connectivity index (χ1) is 8.74. The number of benzene rings is 1. The molecular weight excluding hydrogens is 232 g/mol. The Bertz CT molecular complexity index is 651. The number of H-pyrrole nitrogens is 1. The Morgan fingerprint density at radius 2 is 2.39 bits per heavy atom. The number of nitriles is 1. The number of rotatable bonds is 3. The summed E-state index contributed by atoms with van der Waals surface area (Å²) in [4.78, 5) is 18.2. The van der Waals surface area contributed by atoms with Crippen LogP contribution in [0, 0.1) is 11.3 Å². The van der Waals surface area contributed by atoms with Crippen LogP contribution in [0.2, 0.25) is 0 Å². The van der Waals surface area contributed by atoms with Crippen LogP contribution in [0.15, 0.2) is 29.6 Å². The normalized spacial score (nSPS) is 11.0. The van der Waals surface area contributed by atoms with Crippen molar-refractivity contribution in [1.29, 1.82) is 5.26 Å². The molecule has 0 aliphatic carbocycles. The van der Waals surface area contributed by atoms with Crippen LogP contribution in [0.25, 0.3) is 11.0 Å². The van der Waals surface area contributed by atoms with E-state index in [9.17, 15) is 4.79 Å². The number of hydrogen-bond acceptors (Lipinski definition) is 5. The third-order valence-electron chi connectivity index (χ3n) is 2.27. The van der Waals surface area contributed by atoms with Gasteiger partial charge in [-0.15, -0.1) is 0 Å². The molecule has 1 aromatic carbocycles. The van der Waals surface area contributed by atoms with Gasteiger partial charge in [-0.2, -0.15) is 10.4 Å². The molecular formula is C11H10N6O. The zero-order valence-electron chi connectivity index (χ0n) is 9.56. The number of aromatic nitrogens is 2. The lowest BCUT2D eigenvalue weighted by molar-refractivity contribution is -0.114. The molecule has 2 aromatic rings. The molecule has 0 saturated heterocycles. The molecule has 0 saturated carbocycles. The summed E-state index contributed by atoms with van der Waals surface area (Å²) in [5, 5.41) is 14.8. The molecule has 2 rings (SSSR count). The molecule has 0 atom stereocenters. The van der Waals surface area contributed by atoms with Crippen LogP contribution in [0.4, 0.5) is 5.69 Å². The summed E-state index contributed by atoms with van der Waals surface area (Å²) in [5.41, 5.74) is 4.74. The van der Waals surface area contributed by atoms with Crippen LogP contribution >= 0.6 is 0 Å². The summed E-state index contributed by atoms with van der Waals surface area (Å²) in [5.74, 6) is -0.535. The number of hydrogen-bond donors (Lipinski definition) is 3. The number of nitrogens with one attached hydrogen (secondary N) is 3. The van der Waals surface area contributed by atoms with Crippen LogP contribution in [0.3, 0.4) is 0 Å². The number of fused-ring (bicyclic) bond motifs is 1. The number of amides is 1. The average Bonchev–Trinajstić information content (AvgIpc) is 2.86. The third-order valence-corrected chi connectivity index (χ3v) is 2.27. The van der Waals surface area contributed by atoms with Gasteiger partial charge in [-0.05, 0) is 18.2 Å². The Morgan fingerprint density at radius 3 is 3.11 bits per heavy atom. The maximum atomic E-state index is 11.2. The van der Waals surface area contributed by atoms with Crippen LogP contribution in [0.1, 0.15) is 0 Å². The second-order valence-electron chi connectivity index (χ2n) is 3.40. The fourth-order valence-corrected chi connectivity index (χ4v) is 1.37. The molecule has 18 heavy (non-hydrogen) atoms. The van der Waals surface area contributed by atoms with Gasteiger partial charge in [0.25, 0.3) is 5.91 Å². The number of imidazole rings is 1. The lowest BCUT2D eigenvalue weighted by atomic mass is 10.3. The summed E-state index contributed by atoms with van der Waals surface area (Å²) in [6, 6.07) is 7.05. The average molecular weight is 242 g/mol. The van der Waals surface area contributed by atoms with Gasteiger partial charge in [-0.25, -0.2) is 4.98 Å². The minimum Gasteiger partial charge on any atom is -0.353 e. The predicted octanol–water partition coefficient (Wildman–Crippen LogP) is 0.600. The smallest absolute Gasteiger partial charge is 0.282 e. The minimum atomic E-state index is -0.535. The molecule has 1 heterocycles. The van der Waals surface area contributed by atoms with Crippen molar-refractivity contribution in [2.75, 3.05) is 12.5 Å². The maximum Gasteiger partial charge on any atom is 0.282 e. The number of carbonyl (C=O) groups is 1. The lowest BCUT2D eigenvalue weighted by Crippen LogP contribution is -2.27. The minimum absolute atomic E-state index is 0.234. The Hall–Kier alpha value is -2.88. The molecule has 1 amide bonds. The number of carbonyl (C=O) groups excluding carboxylic acids is 1. The molecule has 0 fully saturated rings. The van der Waals surface area contributed by atoms with E-state index in [0.29, 0.717) is 5.69 Å². The van der Waals surface area contributed by atoms with E-state index >= 15 is 0 Å². The van der Waals surface area contributed by atoms with Gasteiger partial charge in [0.15, 0.2) is 0 Å². The quantitative estimate of drug-likeness (QED) is 0.541. The largest absolute Gasteiger partial charge is 0.353 e. The number of nitrogens with zero attached hydrogens (tertiary/aromatic N) is 3. The van der Waals surface area contributed by atoms with Crippen molar-refractivity contribution < 1.29 is 4.79 Å². The standard InChI is InChI=1S/C11H10N6O/c1-13-11(18)10(5-12)17-16-7-2-3-8-9(4-7)15-6-14-8/h2-4,6,16H,1H3,(H,13,18)(H,14,15)/b17-10+. The van der Waals surface area contributed by atoms with Gasteiger partial charge in [0, 0.05) is 7.05 Å². The molecule has 0 spiro atoms. The maximum absolute atomic E-state index is 11.2. The van der Waals surface area contributed by atoms with E-state index in [1.165, 1.54) is 7.05 Å². The zero-order chi connectivity index (χ0) is 13.0. The van der Waals surface area contributed by atoms with Gasteiger partial charge in [0.05, 0.1) is 23.0 Å². The first-order valence-electron chi connectivity index (χ1n) is 5.13. The van der Waals surface area contributed by atoms with E-state index in [4.69, 9.17) is 5.26 Å². The Morgan fingerprint density at radius 1 is 1.56 bits per heavy atom. The topological polar surface area (TPSA) is 106 Å². The molecule has 0 unspecified atom stereocenters. The predicted molar refractivity (Wildman–Crippen MR) is 66.8 cm³/mol. The highest BCUT2D eigenvalue weighted by Crippen LogP contribution is 2.15. The number of anilines is 1. The Kier molecular flexibility index (Phi) is 3.20. The van der Waals surface area contributed by atoms with E-state index in [0.717, 1.165) is 11.0 Å². The Balaban J connectivity index is 2.20.